The fourth-order valence-corrected chi connectivity index (χ4v) is 5.05. The summed E-state index contributed by atoms with van der Waals surface area (Å²) in [6.45, 7) is 0.372. The van der Waals surface area contributed by atoms with Gasteiger partial charge in [0.15, 0.2) is 5.82 Å². The molecule has 0 radical (unpaired) electrons. The van der Waals surface area contributed by atoms with E-state index in [4.69, 9.17) is 4.74 Å². The zero-order chi connectivity index (χ0) is 24.4. The minimum Gasteiger partial charge on any atom is -0.497 e. The van der Waals surface area contributed by atoms with Gasteiger partial charge in [0.05, 0.1) is 13.7 Å². The van der Waals surface area contributed by atoms with Crippen LogP contribution in [0, 0.1) is 5.82 Å². The third kappa shape index (κ3) is 4.81. The van der Waals surface area contributed by atoms with Crippen molar-refractivity contribution in [1.29, 1.82) is 0 Å². The topological polar surface area (TPSA) is 88.9 Å². The van der Waals surface area contributed by atoms with Gasteiger partial charge in [0, 0.05) is 22.5 Å². The minimum absolute atomic E-state index is 0.174. The Morgan fingerprint density at radius 1 is 1.14 bits per heavy atom. The van der Waals surface area contributed by atoms with E-state index in [0.717, 1.165) is 42.1 Å². The number of hydrogen-bond donors (Lipinski definition) is 1. The molecular weight excluding hydrogens is 447 g/mol. The van der Waals surface area contributed by atoms with Crippen LogP contribution in [0.4, 0.5) is 4.39 Å². The van der Waals surface area contributed by atoms with Crippen LogP contribution >= 0.6 is 0 Å². The average molecular weight is 477 g/mol. The number of ether oxygens (including phenoxy) is 1. The van der Waals surface area contributed by atoms with Crippen LogP contribution in [0.2, 0.25) is 0 Å². The van der Waals surface area contributed by atoms with E-state index in [0.29, 0.717) is 29.7 Å². The lowest BCUT2D eigenvalue weighted by atomic mass is 9.92. The van der Waals surface area contributed by atoms with Gasteiger partial charge in [-0.15, -0.1) is 5.10 Å². The molecule has 0 saturated heterocycles. The molecule has 0 spiro atoms. The van der Waals surface area contributed by atoms with Crippen molar-refractivity contribution >= 4 is 10.9 Å². The van der Waals surface area contributed by atoms with Gasteiger partial charge in [0.1, 0.15) is 17.6 Å². The largest absolute Gasteiger partial charge is 0.497 e. The second-order valence-corrected chi connectivity index (χ2v) is 9.19. The number of tetrazole rings is 1. The number of hydrogen-bond acceptors (Lipinski definition) is 6. The van der Waals surface area contributed by atoms with Crippen molar-refractivity contribution in [2.24, 2.45) is 0 Å². The summed E-state index contributed by atoms with van der Waals surface area (Å²) in [6, 6.07) is 13.6. The number of nitrogens with zero attached hydrogens (tertiary/aromatic N) is 5. The maximum Gasteiger partial charge on any atom is 0.253 e. The molecule has 0 bridgehead atoms. The third-order valence-electron chi connectivity index (χ3n) is 6.98. The van der Waals surface area contributed by atoms with Gasteiger partial charge in [-0.3, -0.25) is 9.69 Å². The molecule has 5 rings (SSSR count). The smallest absolute Gasteiger partial charge is 0.253 e. The van der Waals surface area contributed by atoms with Crippen LogP contribution in [-0.2, 0) is 6.54 Å². The van der Waals surface area contributed by atoms with E-state index in [2.05, 4.69) is 25.4 Å². The van der Waals surface area contributed by atoms with Crippen LogP contribution in [0.25, 0.3) is 10.9 Å². The molecule has 1 aliphatic rings. The second-order valence-electron chi connectivity index (χ2n) is 9.19. The highest BCUT2D eigenvalue weighted by Crippen LogP contribution is 2.32. The average Bonchev–Trinajstić information content (AvgIpc) is 3.33. The number of H-pyrrole nitrogens is 1. The molecule has 0 unspecified atom stereocenters. The van der Waals surface area contributed by atoms with E-state index in [1.807, 2.05) is 31.3 Å². The normalized spacial score (nSPS) is 15.5. The predicted octanol–water partition coefficient (Wildman–Crippen LogP) is 4.06. The van der Waals surface area contributed by atoms with Crippen LogP contribution in [0.15, 0.2) is 53.3 Å². The fourth-order valence-electron chi connectivity index (χ4n) is 5.05. The summed E-state index contributed by atoms with van der Waals surface area (Å²) >= 11 is 0. The number of halogens is 1. The Kier molecular flexibility index (Phi) is 6.59. The summed E-state index contributed by atoms with van der Waals surface area (Å²) < 4.78 is 20.5. The van der Waals surface area contributed by atoms with Gasteiger partial charge in [-0.25, -0.2) is 9.07 Å². The second kappa shape index (κ2) is 9.95. The molecule has 1 aliphatic carbocycles. The maximum absolute atomic E-state index is 13.4. The molecule has 2 heterocycles. The quantitative estimate of drug-likeness (QED) is 0.433. The summed E-state index contributed by atoms with van der Waals surface area (Å²) in [5, 5.41) is 13.4. The lowest BCUT2D eigenvalue weighted by Crippen LogP contribution is -2.40. The Hall–Kier alpha value is -3.59. The fraction of sp³-hybridized carbons (Fsp3) is 0.385. The molecule has 2 aromatic carbocycles. The minimum atomic E-state index is -0.451. The van der Waals surface area contributed by atoms with Crippen LogP contribution in [0.3, 0.4) is 0 Å². The summed E-state index contributed by atoms with van der Waals surface area (Å²) in [4.78, 5) is 18.7. The first-order chi connectivity index (χ1) is 17.0. The number of fused-ring (bicyclic) bond motifs is 1. The van der Waals surface area contributed by atoms with Crippen molar-refractivity contribution < 1.29 is 9.13 Å². The van der Waals surface area contributed by atoms with Crippen LogP contribution in [0.1, 0.15) is 55.1 Å². The van der Waals surface area contributed by atoms with Crippen molar-refractivity contribution in [3.05, 3.63) is 81.7 Å². The molecule has 4 aromatic rings. The summed E-state index contributed by atoms with van der Waals surface area (Å²) in [6.07, 6.45) is 5.67. The molecule has 1 N–H and O–H groups in total. The zero-order valence-electron chi connectivity index (χ0n) is 19.9. The SMILES string of the molecule is COc1ccc2[nH]c(=O)c([C@H](c3nnnn3Cc3ccc(F)cc3)N(C)C3CCCCC3)cc2c1. The Morgan fingerprint density at radius 3 is 2.66 bits per heavy atom. The highest BCUT2D eigenvalue weighted by atomic mass is 19.1. The lowest BCUT2D eigenvalue weighted by Gasteiger charge is -2.36. The van der Waals surface area contributed by atoms with E-state index in [9.17, 15) is 9.18 Å². The predicted molar refractivity (Wildman–Crippen MR) is 131 cm³/mol. The standard InChI is InChI=1S/C26H29FN6O2/c1-32(20-6-4-3-5-7-20)24(22-15-18-14-21(35-2)12-13-23(18)28-26(22)34)25-29-30-31-33(25)16-17-8-10-19(27)11-9-17/h8-15,20,24H,3-7,16H2,1-2H3,(H,28,34)/t24-/m1/s1. The highest BCUT2D eigenvalue weighted by molar-refractivity contribution is 5.80. The number of aromatic amines is 1. The van der Waals surface area contributed by atoms with Gasteiger partial charge < -0.3 is 9.72 Å². The van der Waals surface area contributed by atoms with Gasteiger partial charge in [0.2, 0.25) is 0 Å². The molecule has 1 saturated carbocycles. The van der Waals surface area contributed by atoms with Crippen molar-refractivity contribution in [3.8, 4) is 5.75 Å². The molecule has 0 amide bonds. The first-order valence-corrected chi connectivity index (χ1v) is 12.0. The van der Waals surface area contributed by atoms with E-state index >= 15 is 0 Å². The van der Waals surface area contributed by atoms with Crippen molar-refractivity contribution in [3.63, 3.8) is 0 Å². The Labute approximate surface area is 202 Å². The molecular formula is C26H29FN6O2. The third-order valence-corrected chi connectivity index (χ3v) is 6.98. The molecule has 2 aromatic heterocycles. The number of pyridine rings is 1. The highest BCUT2D eigenvalue weighted by Gasteiger charge is 2.33. The Morgan fingerprint density at radius 2 is 1.91 bits per heavy atom. The van der Waals surface area contributed by atoms with E-state index in [1.165, 1.54) is 18.6 Å². The first kappa shape index (κ1) is 23.2. The van der Waals surface area contributed by atoms with Gasteiger partial charge in [-0.05, 0) is 72.3 Å². The Balaban J connectivity index is 1.61. The van der Waals surface area contributed by atoms with Crippen molar-refractivity contribution in [2.75, 3.05) is 14.2 Å². The number of aromatic nitrogens is 5. The Bertz CT molecular complexity index is 1360. The number of rotatable bonds is 7. The lowest BCUT2D eigenvalue weighted by molar-refractivity contribution is 0.149. The monoisotopic (exact) mass is 476 g/mol. The summed E-state index contributed by atoms with van der Waals surface area (Å²) in [5.74, 6) is 1.00. The summed E-state index contributed by atoms with van der Waals surface area (Å²) in [7, 11) is 3.67. The molecule has 1 fully saturated rings. The van der Waals surface area contributed by atoms with Crippen molar-refractivity contribution in [1.82, 2.24) is 30.1 Å². The van der Waals surface area contributed by atoms with Gasteiger partial charge in [-0.2, -0.15) is 0 Å². The summed E-state index contributed by atoms with van der Waals surface area (Å²) in [5.41, 5.74) is 2.02. The molecule has 8 nitrogen and oxygen atoms in total. The van der Waals surface area contributed by atoms with E-state index in [-0.39, 0.29) is 11.4 Å². The zero-order valence-corrected chi connectivity index (χ0v) is 19.9. The molecule has 182 valence electrons. The van der Waals surface area contributed by atoms with Crippen LogP contribution < -0.4 is 10.3 Å². The van der Waals surface area contributed by atoms with Gasteiger partial charge >= 0.3 is 0 Å². The molecule has 1 atom stereocenters. The number of methoxy groups -OCH3 is 1. The van der Waals surface area contributed by atoms with E-state index in [1.54, 1.807) is 23.9 Å². The van der Waals surface area contributed by atoms with Gasteiger partial charge in [0.25, 0.3) is 5.56 Å². The van der Waals surface area contributed by atoms with Gasteiger partial charge in [-0.1, -0.05) is 31.4 Å². The molecule has 0 aliphatic heterocycles. The molecule has 9 heteroatoms. The molecule has 35 heavy (non-hydrogen) atoms. The van der Waals surface area contributed by atoms with Crippen LogP contribution in [0.5, 0.6) is 5.75 Å². The van der Waals surface area contributed by atoms with Crippen LogP contribution in [-0.4, -0.2) is 50.3 Å². The first-order valence-electron chi connectivity index (χ1n) is 12.0. The number of nitrogens with one attached hydrogen (secondary N) is 1. The maximum atomic E-state index is 13.4. The number of benzene rings is 2. The van der Waals surface area contributed by atoms with Crippen molar-refractivity contribution in [2.45, 2.75) is 50.7 Å². The van der Waals surface area contributed by atoms with E-state index < -0.39 is 6.04 Å².